The summed E-state index contributed by atoms with van der Waals surface area (Å²) in [6, 6.07) is 13.3. The summed E-state index contributed by atoms with van der Waals surface area (Å²) in [5.41, 5.74) is 5.21. The van der Waals surface area contributed by atoms with Gasteiger partial charge in [-0.05, 0) is 60.7 Å². The van der Waals surface area contributed by atoms with Crippen LogP contribution < -0.4 is 15.5 Å². The maximum Gasteiger partial charge on any atom is 0.319 e. The summed E-state index contributed by atoms with van der Waals surface area (Å²) in [5.74, 6) is 0.485. The molecule has 5 heteroatoms. The van der Waals surface area contributed by atoms with Crippen LogP contribution >= 0.6 is 0 Å². The standard InChI is InChI=1S/C22H27N3O2/c1-14(2)17-6-8-18(9-7-17)23-22(27)24-19-12-21(26)25(13-19)20-10-5-15(3)16(4)11-20/h5-11,14,19H,12-13H2,1-4H3,(H2,23,24,27). The van der Waals surface area contributed by atoms with Crippen LogP contribution in [0, 0.1) is 13.8 Å². The molecule has 1 aliphatic heterocycles. The molecule has 0 radical (unpaired) electrons. The number of carbonyl (C=O) groups is 2. The van der Waals surface area contributed by atoms with Crippen LogP contribution in [0.1, 0.15) is 42.9 Å². The summed E-state index contributed by atoms with van der Waals surface area (Å²) in [6.07, 6.45) is 0.312. The lowest BCUT2D eigenvalue weighted by molar-refractivity contribution is -0.117. The van der Waals surface area contributed by atoms with Crippen LogP contribution in [0.2, 0.25) is 0 Å². The topological polar surface area (TPSA) is 61.4 Å². The molecule has 1 heterocycles. The van der Waals surface area contributed by atoms with Gasteiger partial charge in [0.15, 0.2) is 0 Å². The highest BCUT2D eigenvalue weighted by molar-refractivity contribution is 5.97. The van der Waals surface area contributed by atoms with Crippen LogP contribution in [0.4, 0.5) is 16.2 Å². The lowest BCUT2D eigenvalue weighted by Crippen LogP contribution is -2.39. The molecule has 0 bridgehead atoms. The summed E-state index contributed by atoms with van der Waals surface area (Å²) >= 11 is 0. The van der Waals surface area contributed by atoms with Gasteiger partial charge in [-0.3, -0.25) is 4.79 Å². The van der Waals surface area contributed by atoms with Crippen molar-refractivity contribution in [3.05, 3.63) is 59.2 Å². The van der Waals surface area contributed by atoms with Crippen LogP contribution in [0.25, 0.3) is 0 Å². The van der Waals surface area contributed by atoms with Crippen LogP contribution in [-0.2, 0) is 4.79 Å². The Bertz CT molecular complexity index is 843. The lowest BCUT2D eigenvalue weighted by Gasteiger charge is -2.18. The molecule has 2 aromatic rings. The largest absolute Gasteiger partial charge is 0.333 e. The van der Waals surface area contributed by atoms with Gasteiger partial charge in [-0.1, -0.05) is 32.0 Å². The number of nitrogens with zero attached hydrogens (tertiary/aromatic N) is 1. The molecular formula is C22H27N3O2. The van der Waals surface area contributed by atoms with Crippen molar-refractivity contribution in [1.29, 1.82) is 0 Å². The first-order chi connectivity index (χ1) is 12.8. The molecule has 1 saturated heterocycles. The molecule has 2 aromatic carbocycles. The molecule has 0 saturated carbocycles. The highest BCUT2D eigenvalue weighted by Crippen LogP contribution is 2.24. The van der Waals surface area contributed by atoms with Gasteiger partial charge in [-0.25, -0.2) is 4.79 Å². The second-order valence-corrected chi connectivity index (χ2v) is 7.55. The molecule has 1 atom stereocenters. The van der Waals surface area contributed by atoms with Gasteiger partial charge >= 0.3 is 6.03 Å². The van der Waals surface area contributed by atoms with E-state index in [1.54, 1.807) is 4.90 Å². The third-order valence-electron chi connectivity index (χ3n) is 5.10. The Kier molecular flexibility index (Phi) is 5.49. The third kappa shape index (κ3) is 4.48. The van der Waals surface area contributed by atoms with E-state index in [1.807, 2.05) is 56.3 Å². The Morgan fingerprint density at radius 1 is 1.07 bits per heavy atom. The van der Waals surface area contributed by atoms with Crippen molar-refractivity contribution in [2.24, 2.45) is 0 Å². The average molecular weight is 365 g/mol. The van der Waals surface area contributed by atoms with E-state index in [0.29, 0.717) is 18.9 Å². The Hall–Kier alpha value is -2.82. The zero-order chi connectivity index (χ0) is 19.6. The normalized spacial score (nSPS) is 16.7. The Morgan fingerprint density at radius 2 is 1.78 bits per heavy atom. The monoisotopic (exact) mass is 365 g/mol. The molecule has 27 heavy (non-hydrogen) atoms. The van der Waals surface area contributed by atoms with E-state index in [1.165, 1.54) is 11.1 Å². The zero-order valence-corrected chi connectivity index (χ0v) is 16.4. The first-order valence-corrected chi connectivity index (χ1v) is 9.38. The molecule has 0 spiro atoms. The quantitative estimate of drug-likeness (QED) is 0.846. The third-order valence-corrected chi connectivity index (χ3v) is 5.10. The molecule has 1 unspecified atom stereocenters. The first-order valence-electron chi connectivity index (χ1n) is 9.38. The second kappa shape index (κ2) is 7.82. The van der Waals surface area contributed by atoms with E-state index in [-0.39, 0.29) is 18.0 Å². The molecule has 5 nitrogen and oxygen atoms in total. The van der Waals surface area contributed by atoms with E-state index < -0.39 is 0 Å². The maximum absolute atomic E-state index is 12.4. The van der Waals surface area contributed by atoms with Crippen molar-refractivity contribution in [1.82, 2.24) is 5.32 Å². The van der Waals surface area contributed by atoms with Gasteiger partial charge in [0.2, 0.25) is 5.91 Å². The number of hydrogen-bond acceptors (Lipinski definition) is 2. The fraction of sp³-hybridized carbons (Fsp3) is 0.364. The minimum atomic E-state index is -0.285. The number of aryl methyl sites for hydroxylation is 2. The number of nitrogens with one attached hydrogen (secondary N) is 2. The van der Waals surface area contributed by atoms with Crippen LogP contribution in [0.15, 0.2) is 42.5 Å². The smallest absolute Gasteiger partial charge is 0.319 e. The van der Waals surface area contributed by atoms with Crippen LogP contribution in [0.5, 0.6) is 0 Å². The molecule has 1 fully saturated rings. The predicted octanol–water partition coefficient (Wildman–Crippen LogP) is 4.35. The fourth-order valence-electron chi connectivity index (χ4n) is 3.25. The zero-order valence-electron chi connectivity index (χ0n) is 16.4. The van der Waals surface area contributed by atoms with Gasteiger partial charge in [-0.2, -0.15) is 0 Å². The Morgan fingerprint density at radius 3 is 2.41 bits per heavy atom. The SMILES string of the molecule is Cc1ccc(N2CC(NC(=O)Nc3ccc(C(C)C)cc3)CC2=O)cc1C. The first kappa shape index (κ1) is 19.0. The van der Waals surface area contributed by atoms with Crippen molar-refractivity contribution in [2.75, 3.05) is 16.8 Å². The fourth-order valence-corrected chi connectivity index (χ4v) is 3.25. The maximum atomic E-state index is 12.4. The van der Waals surface area contributed by atoms with Gasteiger partial charge in [-0.15, -0.1) is 0 Å². The average Bonchev–Trinajstić information content (AvgIpc) is 2.97. The van der Waals surface area contributed by atoms with Crippen molar-refractivity contribution >= 4 is 23.3 Å². The van der Waals surface area contributed by atoms with Crippen LogP contribution in [-0.4, -0.2) is 24.5 Å². The summed E-state index contributed by atoms with van der Waals surface area (Å²) in [5, 5.41) is 5.75. The predicted molar refractivity (Wildman–Crippen MR) is 109 cm³/mol. The van der Waals surface area contributed by atoms with Crippen molar-refractivity contribution in [2.45, 2.75) is 46.1 Å². The van der Waals surface area contributed by atoms with Gasteiger partial charge in [0.05, 0.1) is 6.04 Å². The highest BCUT2D eigenvalue weighted by atomic mass is 16.2. The second-order valence-electron chi connectivity index (χ2n) is 7.55. The van der Waals surface area contributed by atoms with Gasteiger partial charge in [0.1, 0.15) is 0 Å². The van der Waals surface area contributed by atoms with Gasteiger partial charge in [0, 0.05) is 24.3 Å². The van der Waals surface area contributed by atoms with E-state index in [4.69, 9.17) is 0 Å². The van der Waals surface area contributed by atoms with E-state index in [2.05, 4.69) is 24.5 Å². The number of anilines is 2. The number of amides is 3. The summed E-state index contributed by atoms with van der Waals surface area (Å²) < 4.78 is 0. The van der Waals surface area contributed by atoms with E-state index >= 15 is 0 Å². The summed E-state index contributed by atoms with van der Waals surface area (Å²) in [6.45, 7) is 8.84. The highest BCUT2D eigenvalue weighted by Gasteiger charge is 2.31. The van der Waals surface area contributed by atoms with Gasteiger partial charge in [0.25, 0.3) is 0 Å². The van der Waals surface area contributed by atoms with Gasteiger partial charge < -0.3 is 15.5 Å². The van der Waals surface area contributed by atoms with E-state index in [0.717, 1.165) is 16.9 Å². The Balaban J connectivity index is 1.58. The van der Waals surface area contributed by atoms with Crippen molar-refractivity contribution in [3.63, 3.8) is 0 Å². The minimum absolute atomic E-state index is 0.0323. The Labute approximate surface area is 160 Å². The minimum Gasteiger partial charge on any atom is -0.333 e. The lowest BCUT2D eigenvalue weighted by atomic mass is 10.0. The molecule has 142 valence electrons. The number of carbonyl (C=O) groups excluding carboxylic acids is 2. The number of hydrogen-bond donors (Lipinski definition) is 2. The summed E-state index contributed by atoms with van der Waals surface area (Å²) in [7, 11) is 0. The summed E-state index contributed by atoms with van der Waals surface area (Å²) in [4.78, 5) is 26.4. The van der Waals surface area contributed by atoms with Crippen molar-refractivity contribution in [3.8, 4) is 0 Å². The molecule has 3 rings (SSSR count). The van der Waals surface area contributed by atoms with Crippen LogP contribution in [0.3, 0.4) is 0 Å². The molecule has 1 aliphatic rings. The number of rotatable bonds is 4. The molecule has 3 amide bonds. The van der Waals surface area contributed by atoms with Crippen molar-refractivity contribution < 1.29 is 9.59 Å². The van der Waals surface area contributed by atoms with E-state index in [9.17, 15) is 9.59 Å². The molecule has 2 N–H and O–H groups in total. The molecule has 0 aliphatic carbocycles. The molecule has 0 aromatic heterocycles. The number of urea groups is 1. The molecular weight excluding hydrogens is 338 g/mol. The number of benzene rings is 2.